The Bertz CT molecular complexity index is 1800. The summed E-state index contributed by atoms with van der Waals surface area (Å²) in [7, 11) is 0. The molecule has 0 fully saturated rings. The van der Waals surface area contributed by atoms with Gasteiger partial charge in [-0.1, -0.05) is 111 Å². The summed E-state index contributed by atoms with van der Waals surface area (Å²) in [4.78, 5) is 16.2. The second-order valence-electron chi connectivity index (χ2n) is 11.5. The molecule has 7 rings (SSSR count). The number of hydrogen-bond acceptors (Lipinski definition) is 4. The van der Waals surface area contributed by atoms with Crippen LogP contribution in [0.15, 0.2) is 109 Å². The molecule has 1 unspecified atom stereocenters. The number of aryl methyl sites for hydroxylation is 2. The molecule has 4 aromatic carbocycles. The van der Waals surface area contributed by atoms with Gasteiger partial charge in [0.2, 0.25) is 0 Å². The molecule has 208 valence electrons. The number of fused-ring (bicyclic) bond motifs is 5. The van der Waals surface area contributed by atoms with Crippen LogP contribution < -0.4 is 9.80 Å². The van der Waals surface area contributed by atoms with Gasteiger partial charge in [0.1, 0.15) is 6.17 Å². The van der Waals surface area contributed by atoms with Gasteiger partial charge < -0.3 is 9.80 Å². The molecule has 1 atom stereocenters. The lowest BCUT2D eigenvalue weighted by Crippen LogP contribution is -2.50. The number of rotatable bonds is 5. The fraction of sp³-hybridized carbons (Fsp3) is 0.211. The molecule has 0 spiro atoms. The molecule has 0 amide bonds. The predicted molar refractivity (Wildman–Crippen MR) is 175 cm³/mol. The fourth-order valence-electron chi connectivity index (χ4n) is 6.79. The topological polar surface area (TPSA) is 32.3 Å². The lowest BCUT2D eigenvalue weighted by atomic mass is 9.78. The third kappa shape index (κ3) is 3.97. The van der Waals surface area contributed by atoms with Crippen LogP contribution in [0.1, 0.15) is 43.4 Å². The summed E-state index contributed by atoms with van der Waals surface area (Å²) < 4.78 is 0. The Kier molecular flexibility index (Phi) is 6.42. The van der Waals surface area contributed by atoms with Crippen LogP contribution in [0.3, 0.4) is 0 Å². The molecule has 0 N–H and O–H groups in total. The molecular weight excluding hydrogens is 512 g/mol. The number of anilines is 4. The summed E-state index contributed by atoms with van der Waals surface area (Å²) in [5, 5.41) is 0. The molecule has 0 aliphatic carbocycles. The fourth-order valence-corrected chi connectivity index (χ4v) is 6.79. The SMILES string of the molecule is CCC1(CC)C=Cc2ccccc2N2c3nc(-c4ccccc4C)c(-c4ccccc4C)nc3N(c3ccccc3)C21. The molecule has 2 aliphatic rings. The summed E-state index contributed by atoms with van der Waals surface area (Å²) in [6.45, 7) is 8.95. The van der Waals surface area contributed by atoms with Crippen LogP contribution in [-0.4, -0.2) is 16.1 Å². The number of nitrogens with zero attached hydrogens (tertiary/aromatic N) is 4. The first-order chi connectivity index (χ1) is 20.6. The zero-order valence-electron chi connectivity index (χ0n) is 24.8. The Labute approximate surface area is 249 Å². The number of para-hydroxylation sites is 2. The van der Waals surface area contributed by atoms with Gasteiger partial charge in [-0.25, -0.2) is 9.97 Å². The van der Waals surface area contributed by atoms with Gasteiger partial charge in [0, 0.05) is 22.2 Å². The van der Waals surface area contributed by atoms with Crippen LogP contribution in [0, 0.1) is 19.3 Å². The van der Waals surface area contributed by atoms with Crippen LogP contribution in [-0.2, 0) is 0 Å². The molecule has 0 radical (unpaired) electrons. The maximum atomic E-state index is 5.63. The van der Waals surface area contributed by atoms with Crippen molar-refractivity contribution < 1.29 is 0 Å². The van der Waals surface area contributed by atoms with E-state index in [0.717, 1.165) is 58.4 Å². The average Bonchev–Trinajstić information content (AvgIpc) is 3.29. The van der Waals surface area contributed by atoms with E-state index in [1.165, 1.54) is 16.7 Å². The summed E-state index contributed by atoms with van der Waals surface area (Å²) in [6, 6.07) is 36.5. The van der Waals surface area contributed by atoms with Crippen LogP contribution >= 0.6 is 0 Å². The van der Waals surface area contributed by atoms with E-state index >= 15 is 0 Å². The number of benzene rings is 4. The molecular formula is C38H36N4. The third-order valence-corrected chi connectivity index (χ3v) is 9.26. The van der Waals surface area contributed by atoms with Crippen LogP contribution in [0.25, 0.3) is 28.6 Å². The Morgan fingerprint density at radius 2 is 1.14 bits per heavy atom. The quantitative estimate of drug-likeness (QED) is 0.219. The summed E-state index contributed by atoms with van der Waals surface area (Å²) >= 11 is 0. The smallest absolute Gasteiger partial charge is 0.179 e. The highest BCUT2D eigenvalue weighted by Gasteiger charge is 2.51. The molecule has 4 nitrogen and oxygen atoms in total. The second kappa shape index (κ2) is 10.3. The maximum absolute atomic E-state index is 5.63. The molecule has 0 bridgehead atoms. The van der Waals surface area contributed by atoms with Crippen molar-refractivity contribution in [3.63, 3.8) is 0 Å². The van der Waals surface area contributed by atoms with Gasteiger partial charge in [0.05, 0.1) is 17.1 Å². The molecule has 3 heterocycles. The van der Waals surface area contributed by atoms with Crippen molar-refractivity contribution in [1.82, 2.24) is 9.97 Å². The lowest BCUT2D eigenvalue weighted by Gasteiger charge is -2.44. The number of aromatic nitrogens is 2. The van der Waals surface area contributed by atoms with Crippen molar-refractivity contribution >= 4 is 29.1 Å². The van der Waals surface area contributed by atoms with Gasteiger partial charge in [0.25, 0.3) is 0 Å². The van der Waals surface area contributed by atoms with E-state index < -0.39 is 0 Å². The molecule has 0 saturated heterocycles. The molecule has 42 heavy (non-hydrogen) atoms. The highest BCUT2D eigenvalue weighted by molar-refractivity contribution is 5.92. The molecule has 0 saturated carbocycles. The van der Waals surface area contributed by atoms with E-state index in [2.05, 4.69) is 153 Å². The first kappa shape index (κ1) is 26.2. The Hall–Kier alpha value is -4.70. The van der Waals surface area contributed by atoms with Crippen LogP contribution in [0.2, 0.25) is 0 Å². The zero-order valence-corrected chi connectivity index (χ0v) is 24.8. The lowest BCUT2D eigenvalue weighted by molar-refractivity contribution is 0.288. The van der Waals surface area contributed by atoms with Crippen molar-refractivity contribution in [1.29, 1.82) is 0 Å². The highest BCUT2D eigenvalue weighted by Crippen LogP contribution is 2.56. The summed E-state index contributed by atoms with van der Waals surface area (Å²) in [5.74, 6) is 1.81. The Balaban J connectivity index is 1.61. The van der Waals surface area contributed by atoms with Crippen molar-refractivity contribution in [2.24, 2.45) is 5.41 Å². The van der Waals surface area contributed by atoms with Gasteiger partial charge in [-0.3, -0.25) is 0 Å². The Morgan fingerprint density at radius 3 is 1.74 bits per heavy atom. The first-order valence-corrected chi connectivity index (χ1v) is 15.0. The third-order valence-electron chi connectivity index (χ3n) is 9.26. The monoisotopic (exact) mass is 548 g/mol. The van der Waals surface area contributed by atoms with E-state index in [9.17, 15) is 0 Å². The summed E-state index contributed by atoms with van der Waals surface area (Å²) in [5.41, 5.74) is 9.78. The van der Waals surface area contributed by atoms with E-state index in [1.807, 2.05) is 0 Å². The normalized spacial score (nSPS) is 16.5. The summed E-state index contributed by atoms with van der Waals surface area (Å²) in [6.07, 6.45) is 6.72. The maximum Gasteiger partial charge on any atom is 0.179 e. The van der Waals surface area contributed by atoms with Gasteiger partial charge >= 0.3 is 0 Å². The molecule has 2 aliphatic heterocycles. The first-order valence-electron chi connectivity index (χ1n) is 15.0. The Morgan fingerprint density at radius 1 is 0.619 bits per heavy atom. The minimum atomic E-state index is -0.136. The van der Waals surface area contributed by atoms with Gasteiger partial charge in [-0.2, -0.15) is 0 Å². The van der Waals surface area contributed by atoms with Gasteiger partial charge in [-0.05, 0) is 61.6 Å². The van der Waals surface area contributed by atoms with Crippen LogP contribution in [0.4, 0.5) is 23.0 Å². The largest absolute Gasteiger partial charge is 0.301 e. The molecule has 5 aromatic rings. The van der Waals surface area contributed by atoms with E-state index in [0.29, 0.717) is 0 Å². The average molecular weight is 549 g/mol. The minimum Gasteiger partial charge on any atom is -0.301 e. The van der Waals surface area contributed by atoms with Crippen molar-refractivity contribution in [3.8, 4) is 22.5 Å². The van der Waals surface area contributed by atoms with Crippen molar-refractivity contribution in [3.05, 3.63) is 126 Å². The second-order valence-corrected chi connectivity index (χ2v) is 11.5. The predicted octanol–water partition coefficient (Wildman–Crippen LogP) is 9.88. The highest BCUT2D eigenvalue weighted by atomic mass is 15.5. The van der Waals surface area contributed by atoms with Gasteiger partial charge in [0.15, 0.2) is 11.6 Å². The standard InChI is InChI=1S/C38H36N4/c1-5-38(6-2)25-24-28-18-12-15-23-32(28)42-36-35(41(37(38)42)29-19-8-7-9-20-29)39-33(30-21-13-10-16-26(30)3)34(40-36)31-22-14-11-17-27(31)4/h7-25,37H,5-6H2,1-4H3. The molecule has 4 heteroatoms. The van der Waals surface area contributed by atoms with E-state index in [4.69, 9.17) is 9.97 Å². The van der Waals surface area contributed by atoms with E-state index in [-0.39, 0.29) is 11.6 Å². The van der Waals surface area contributed by atoms with Gasteiger partial charge in [-0.15, -0.1) is 0 Å². The van der Waals surface area contributed by atoms with E-state index in [1.54, 1.807) is 0 Å². The minimum absolute atomic E-state index is 0.0263. The number of hydrogen-bond donors (Lipinski definition) is 0. The molecule has 1 aromatic heterocycles. The van der Waals surface area contributed by atoms with Crippen molar-refractivity contribution in [2.75, 3.05) is 9.80 Å². The van der Waals surface area contributed by atoms with Crippen LogP contribution in [0.5, 0.6) is 0 Å². The zero-order chi connectivity index (χ0) is 28.8. The van der Waals surface area contributed by atoms with Crippen molar-refractivity contribution in [2.45, 2.75) is 46.7 Å².